The van der Waals surface area contributed by atoms with Gasteiger partial charge in [0.25, 0.3) is 6.47 Å². The van der Waals surface area contributed by atoms with Crippen LogP contribution < -0.4 is 4.74 Å². The van der Waals surface area contributed by atoms with Gasteiger partial charge in [-0.15, -0.1) is 0 Å². The molecular formula is C22H34O3. The molecule has 3 heteroatoms. The first kappa shape index (κ1) is 21.3. The second kappa shape index (κ2) is 12.6. The highest BCUT2D eigenvalue weighted by molar-refractivity contribution is 5.32. The minimum absolute atomic E-state index is 0.250. The number of rotatable bonds is 8. The highest BCUT2D eigenvalue weighted by Crippen LogP contribution is 2.27. The molecule has 140 valence electrons. The van der Waals surface area contributed by atoms with Gasteiger partial charge in [-0.3, -0.25) is 4.79 Å². The Labute approximate surface area is 153 Å². The van der Waals surface area contributed by atoms with E-state index in [1.165, 1.54) is 56.1 Å². The molecule has 25 heavy (non-hydrogen) atoms. The van der Waals surface area contributed by atoms with Gasteiger partial charge in [-0.05, 0) is 67.2 Å². The summed E-state index contributed by atoms with van der Waals surface area (Å²) in [5, 5.41) is 6.89. The summed E-state index contributed by atoms with van der Waals surface area (Å²) in [5.41, 5.74) is 2.91. The predicted molar refractivity (Wildman–Crippen MR) is 104 cm³/mol. The summed E-state index contributed by atoms with van der Waals surface area (Å²) in [5.74, 6) is 2.43. The van der Waals surface area contributed by atoms with Crippen LogP contribution in [0, 0.1) is 5.92 Å². The maximum absolute atomic E-state index is 8.36. The molecule has 0 aromatic heterocycles. The Kier molecular flexibility index (Phi) is 10.7. The molecule has 2 rings (SSSR count). The Hall–Kier alpha value is -1.77. The second-order valence-electron chi connectivity index (χ2n) is 6.89. The van der Waals surface area contributed by atoms with Gasteiger partial charge in [0.2, 0.25) is 0 Å². The van der Waals surface area contributed by atoms with Crippen LogP contribution in [-0.2, 0) is 4.79 Å². The minimum Gasteiger partial charge on any atom is -0.489 e. The highest BCUT2D eigenvalue weighted by atomic mass is 16.5. The molecule has 0 saturated heterocycles. The van der Waals surface area contributed by atoms with E-state index in [1.807, 2.05) is 0 Å². The minimum atomic E-state index is -0.250. The van der Waals surface area contributed by atoms with Crippen LogP contribution in [0.2, 0.25) is 0 Å². The topological polar surface area (TPSA) is 46.5 Å². The van der Waals surface area contributed by atoms with E-state index in [4.69, 9.17) is 14.6 Å². The fraction of sp³-hybridized carbons (Fsp3) is 0.591. The van der Waals surface area contributed by atoms with Crippen LogP contribution in [0.3, 0.4) is 0 Å². The van der Waals surface area contributed by atoms with Crippen molar-refractivity contribution in [3.8, 4) is 5.75 Å². The summed E-state index contributed by atoms with van der Waals surface area (Å²) in [7, 11) is 0. The molecule has 1 aliphatic carbocycles. The average molecular weight is 347 g/mol. The molecule has 0 amide bonds. The fourth-order valence-electron chi connectivity index (χ4n) is 3.21. The quantitative estimate of drug-likeness (QED) is 0.450. The summed E-state index contributed by atoms with van der Waals surface area (Å²) in [6.07, 6.45) is 11.6. The molecule has 0 aliphatic heterocycles. The zero-order chi connectivity index (χ0) is 18.5. The summed E-state index contributed by atoms with van der Waals surface area (Å²) in [6.45, 7) is 7.31. The van der Waals surface area contributed by atoms with Crippen molar-refractivity contribution in [2.75, 3.05) is 6.61 Å². The van der Waals surface area contributed by atoms with Gasteiger partial charge in [-0.2, -0.15) is 0 Å². The molecular weight excluding hydrogens is 312 g/mol. The van der Waals surface area contributed by atoms with Crippen LogP contribution in [0.5, 0.6) is 5.75 Å². The van der Waals surface area contributed by atoms with E-state index in [0.29, 0.717) is 5.92 Å². The van der Waals surface area contributed by atoms with Crippen LogP contribution in [0.25, 0.3) is 0 Å². The van der Waals surface area contributed by atoms with Crippen LogP contribution in [-0.4, -0.2) is 18.2 Å². The zero-order valence-corrected chi connectivity index (χ0v) is 16.0. The monoisotopic (exact) mass is 346 g/mol. The Bertz CT molecular complexity index is 505. The SMILES string of the molecule is CCCCC1C=C(COc2ccc(C(C)CC)cc2)CCC1.O=CO. The third-order valence-electron chi connectivity index (χ3n) is 4.96. The first-order chi connectivity index (χ1) is 12.1. The normalized spacial score (nSPS) is 17.7. The summed E-state index contributed by atoms with van der Waals surface area (Å²) in [6, 6.07) is 8.67. The van der Waals surface area contributed by atoms with Crippen molar-refractivity contribution in [1.29, 1.82) is 0 Å². The Morgan fingerprint density at radius 1 is 1.28 bits per heavy atom. The molecule has 1 aromatic carbocycles. The molecule has 1 N–H and O–H groups in total. The van der Waals surface area contributed by atoms with Crippen LogP contribution in [0.4, 0.5) is 0 Å². The van der Waals surface area contributed by atoms with E-state index in [0.717, 1.165) is 18.3 Å². The van der Waals surface area contributed by atoms with E-state index in [2.05, 4.69) is 51.1 Å². The first-order valence-corrected chi connectivity index (χ1v) is 9.64. The lowest BCUT2D eigenvalue weighted by molar-refractivity contribution is -0.122. The molecule has 1 aromatic rings. The van der Waals surface area contributed by atoms with Crippen molar-refractivity contribution < 1.29 is 14.6 Å². The highest BCUT2D eigenvalue weighted by Gasteiger charge is 2.13. The summed E-state index contributed by atoms with van der Waals surface area (Å²) >= 11 is 0. The molecule has 2 atom stereocenters. The molecule has 1 aliphatic rings. The van der Waals surface area contributed by atoms with Gasteiger partial charge in [0.15, 0.2) is 0 Å². The van der Waals surface area contributed by atoms with Gasteiger partial charge in [0.1, 0.15) is 12.4 Å². The Balaban J connectivity index is 0.000000970. The van der Waals surface area contributed by atoms with Crippen LogP contribution in [0.15, 0.2) is 35.9 Å². The van der Waals surface area contributed by atoms with Gasteiger partial charge in [-0.1, -0.05) is 51.8 Å². The van der Waals surface area contributed by atoms with Gasteiger partial charge in [-0.25, -0.2) is 0 Å². The standard InChI is InChI=1S/C21H32O.CH2O2/c1-4-6-8-18-9-7-10-19(15-18)16-22-21-13-11-20(12-14-21)17(3)5-2;2-1-3/h11-15,17-18H,4-10,16H2,1-3H3;1H,(H,2,3). The number of ether oxygens (including phenoxy) is 1. The van der Waals surface area contributed by atoms with Crippen molar-refractivity contribution >= 4 is 6.47 Å². The molecule has 3 nitrogen and oxygen atoms in total. The fourth-order valence-corrected chi connectivity index (χ4v) is 3.21. The molecule has 0 heterocycles. The van der Waals surface area contributed by atoms with Crippen molar-refractivity contribution in [2.45, 2.75) is 71.6 Å². The number of unbranched alkanes of at least 4 members (excludes halogenated alkanes) is 1. The first-order valence-electron chi connectivity index (χ1n) is 9.64. The lowest BCUT2D eigenvalue weighted by Gasteiger charge is -2.21. The lowest BCUT2D eigenvalue weighted by atomic mass is 9.87. The third kappa shape index (κ3) is 8.24. The third-order valence-corrected chi connectivity index (χ3v) is 4.96. The number of carboxylic acid groups (broad SMARTS) is 1. The molecule has 0 bridgehead atoms. The summed E-state index contributed by atoms with van der Waals surface area (Å²) in [4.78, 5) is 8.36. The zero-order valence-electron chi connectivity index (χ0n) is 16.0. The number of allylic oxidation sites excluding steroid dienone is 1. The predicted octanol–water partition coefficient (Wildman–Crippen LogP) is 6.20. The van der Waals surface area contributed by atoms with E-state index >= 15 is 0 Å². The molecule has 0 radical (unpaired) electrons. The summed E-state index contributed by atoms with van der Waals surface area (Å²) < 4.78 is 6.00. The molecule has 0 saturated carbocycles. The second-order valence-corrected chi connectivity index (χ2v) is 6.89. The van der Waals surface area contributed by atoms with Crippen molar-refractivity contribution in [3.63, 3.8) is 0 Å². The number of carbonyl (C=O) groups is 1. The van der Waals surface area contributed by atoms with E-state index in [-0.39, 0.29) is 6.47 Å². The largest absolute Gasteiger partial charge is 0.489 e. The van der Waals surface area contributed by atoms with Crippen LogP contribution >= 0.6 is 0 Å². The average Bonchev–Trinajstić information content (AvgIpc) is 2.65. The smallest absolute Gasteiger partial charge is 0.290 e. The molecule has 2 unspecified atom stereocenters. The number of hydrogen-bond acceptors (Lipinski definition) is 2. The van der Waals surface area contributed by atoms with Gasteiger partial charge in [0, 0.05) is 0 Å². The van der Waals surface area contributed by atoms with Gasteiger partial charge >= 0.3 is 0 Å². The number of hydrogen-bond donors (Lipinski definition) is 1. The molecule has 0 fully saturated rings. The van der Waals surface area contributed by atoms with Crippen molar-refractivity contribution in [1.82, 2.24) is 0 Å². The maximum Gasteiger partial charge on any atom is 0.290 e. The lowest BCUT2D eigenvalue weighted by Crippen LogP contribution is -2.10. The Morgan fingerprint density at radius 3 is 2.56 bits per heavy atom. The van der Waals surface area contributed by atoms with Gasteiger partial charge in [0.05, 0.1) is 0 Å². The van der Waals surface area contributed by atoms with Gasteiger partial charge < -0.3 is 9.84 Å². The van der Waals surface area contributed by atoms with E-state index < -0.39 is 0 Å². The Morgan fingerprint density at radius 2 is 1.96 bits per heavy atom. The van der Waals surface area contributed by atoms with Crippen molar-refractivity contribution in [2.24, 2.45) is 5.92 Å². The maximum atomic E-state index is 8.36. The number of benzene rings is 1. The van der Waals surface area contributed by atoms with E-state index in [9.17, 15) is 0 Å². The van der Waals surface area contributed by atoms with Crippen LogP contribution in [0.1, 0.15) is 77.2 Å². The van der Waals surface area contributed by atoms with Crippen molar-refractivity contribution in [3.05, 3.63) is 41.5 Å². The van der Waals surface area contributed by atoms with E-state index in [1.54, 1.807) is 0 Å². The molecule has 0 spiro atoms.